The standard InChI is InChI=1S/C13H9ClO3/c1-7-9(13(16)17)6-5-8-3-2-4-10(11(7)8)12(14)15/h2-6H,1H3,(H,16,17). The van der Waals surface area contributed by atoms with Crippen LogP contribution in [-0.2, 0) is 0 Å². The molecule has 0 aromatic heterocycles. The molecule has 2 aromatic carbocycles. The van der Waals surface area contributed by atoms with Crippen molar-refractivity contribution in [3.8, 4) is 0 Å². The third kappa shape index (κ3) is 1.89. The lowest BCUT2D eigenvalue weighted by molar-refractivity contribution is 0.0696. The largest absolute Gasteiger partial charge is 0.478 e. The topological polar surface area (TPSA) is 54.4 Å². The predicted molar refractivity (Wildman–Crippen MR) is 65.8 cm³/mol. The van der Waals surface area contributed by atoms with Crippen LogP contribution in [0.15, 0.2) is 30.3 Å². The summed E-state index contributed by atoms with van der Waals surface area (Å²) in [6, 6.07) is 8.34. The Kier molecular flexibility index (Phi) is 2.86. The van der Waals surface area contributed by atoms with Gasteiger partial charge >= 0.3 is 5.97 Å². The van der Waals surface area contributed by atoms with Crippen molar-refractivity contribution in [2.45, 2.75) is 6.92 Å². The maximum absolute atomic E-state index is 11.3. The zero-order valence-electron chi connectivity index (χ0n) is 9.03. The smallest absolute Gasteiger partial charge is 0.335 e. The highest BCUT2D eigenvalue weighted by molar-refractivity contribution is 6.68. The van der Waals surface area contributed by atoms with Crippen LogP contribution in [0.2, 0.25) is 0 Å². The fourth-order valence-corrected chi connectivity index (χ4v) is 2.11. The summed E-state index contributed by atoms with van der Waals surface area (Å²) >= 11 is 5.50. The van der Waals surface area contributed by atoms with Crippen LogP contribution in [0.5, 0.6) is 0 Å². The van der Waals surface area contributed by atoms with E-state index in [1.807, 2.05) is 6.07 Å². The van der Waals surface area contributed by atoms with Crippen molar-refractivity contribution in [3.05, 3.63) is 47.0 Å². The predicted octanol–water partition coefficient (Wildman–Crippen LogP) is 3.23. The van der Waals surface area contributed by atoms with Crippen LogP contribution in [0.4, 0.5) is 0 Å². The van der Waals surface area contributed by atoms with Gasteiger partial charge in [-0.2, -0.15) is 0 Å². The Morgan fingerprint density at radius 3 is 2.41 bits per heavy atom. The molecule has 1 N–H and O–H groups in total. The van der Waals surface area contributed by atoms with Crippen LogP contribution < -0.4 is 0 Å². The van der Waals surface area contributed by atoms with Crippen LogP contribution in [0.3, 0.4) is 0 Å². The third-order valence-corrected chi connectivity index (χ3v) is 2.95. The van der Waals surface area contributed by atoms with E-state index in [9.17, 15) is 9.59 Å². The monoisotopic (exact) mass is 248 g/mol. The van der Waals surface area contributed by atoms with Gasteiger partial charge < -0.3 is 5.11 Å². The summed E-state index contributed by atoms with van der Waals surface area (Å²) in [5.74, 6) is -1.01. The second kappa shape index (κ2) is 4.18. The Morgan fingerprint density at radius 1 is 1.12 bits per heavy atom. The number of fused-ring (bicyclic) bond motifs is 1. The number of carboxylic acid groups (broad SMARTS) is 1. The van der Waals surface area contributed by atoms with E-state index in [4.69, 9.17) is 16.7 Å². The van der Waals surface area contributed by atoms with Gasteiger partial charge in [-0.25, -0.2) is 4.79 Å². The van der Waals surface area contributed by atoms with Gasteiger partial charge in [0.15, 0.2) is 0 Å². The second-order valence-electron chi connectivity index (χ2n) is 3.72. The van der Waals surface area contributed by atoms with E-state index in [-0.39, 0.29) is 5.56 Å². The summed E-state index contributed by atoms with van der Waals surface area (Å²) < 4.78 is 0. The molecule has 0 saturated carbocycles. The van der Waals surface area contributed by atoms with Gasteiger partial charge in [-0.1, -0.05) is 18.2 Å². The number of hydrogen-bond acceptors (Lipinski definition) is 2. The molecule has 0 aliphatic heterocycles. The molecule has 0 aliphatic rings. The van der Waals surface area contributed by atoms with Crippen molar-refractivity contribution in [1.29, 1.82) is 0 Å². The van der Waals surface area contributed by atoms with E-state index in [1.165, 1.54) is 6.07 Å². The van der Waals surface area contributed by atoms with Gasteiger partial charge in [0.2, 0.25) is 0 Å². The van der Waals surface area contributed by atoms with Crippen molar-refractivity contribution >= 4 is 33.6 Å². The summed E-state index contributed by atoms with van der Waals surface area (Å²) in [7, 11) is 0. The van der Waals surface area contributed by atoms with Gasteiger partial charge in [-0.3, -0.25) is 4.79 Å². The highest BCUT2D eigenvalue weighted by Crippen LogP contribution is 2.26. The van der Waals surface area contributed by atoms with Crippen molar-refractivity contribution in [3.63, 3.8) is 0 Å². The fourth-order valence-electron chi connectivity index (χ4n) is 1.96. The zero-order valence-corrected chi connectivity index (χ0v) is 9.78. The second-order valence-corrected chi connectivity index (χ2v) is 4.06. The van der Waals surface area contributed by atoms with Crippen molar-refractivity contribution < 1.29 is 14.7 Å². The first kappa shape index (κ1) is 11.6. The molecule has 0 radical (unpaired) electrons. The fraction of sp³-hybridized carbons (Fsp3) is 0.0769. The minimum atomic E-state index is -1.01. The molecule has 0 aliphatic carbocycles. The SMILES string of the molecule is Cc1c(C(=O)O)ccc2cccc(C(=O)Cl)c12. The van der Waals surface area contributed by atoms with Crippen molar-refractivity contribution in [2.75, 3.05) is 0 Å². The van der Waals surface area contributed by atoms with E-state index in [1.54, 1.807) is 25.1 Å². The normalized spacial score (nSPS) is 10.5. The molecule has 0 atom stereocenters. The van der Waals surface area contributed by atoms with Crippen molar-refractivity contribution in [2.24, 2.45) is 0 Å². The molecule has 0 spiro atoms. The molecule has 0 fully saturated rings. The number of aryl methyl sites for hydroxylation is 1. The van der Waals surface area contributed by atoms with Gasteiger partial charge in [0.1, 0.15) is 0 Å². The third-order valence-electron chi connectivity index (χ3n) is 2.75. The molecular formula is C13H9ClO3. The number of halogens is 1. The number of carbonyl (C=O) groups is 2. The van der Waals surface area contributed by atoms with Crippen LogP contribution in [-0.4, -0.2) is 16.3 Å². The van der Waals surface area contributed by atoms with Crippen LogP contribution in [0.1, 0.15) is 26.3 Å². The number of hydrogen-bond donors (Lipinski definition) is 1. The molecule has 0 unspecified atom stereocenters. The highest BCUT2D eigenvalue weighted by Gasteiger charge is 2.14. The zero-order chi connectivity index (χ0) is 12.6. The number of benzene rings is 2. The number of carbonyl (C=O) groups excluding carboxylic acids is 1. The van der Waals surface area contributed by atoms with E-state index >= 15 is 0 Å². The first-order valence-corrected chi connectivity index (χ1v) is 5.35. The summed E-state index contributed by atoms with van der Waals surface area (Å²) in [6.07, 6.45) is 0. The molecule has 0 saturated heterocycles. The number of rotatable bonds is 2. The Labute approximate surface area is 103 Å². The average molecular weight is 249 g/mol. The molecular weight excluding hydrogens is 240 g/mol. The summed E-state index contributed by atoms with van der Waals surface area (Å²) in [5.41, 5.74) is 1.08. The lowest BCUT2D eigenvalue weighted by Crippen LogP contribution is -2.02. The number of aromatic carboxylic acids is 1. The molecule has 2 aromatic rings. The Bertz CT molecular complexity index is 632. The minimum absolute atomic E-state index is 0.183. The van der Waals surface area contributed by atoms with E-state index in [0.29, 0.717) is 16.5 Å². The van der Waals surface area contributed by atoms with E-state index < -0.39 is 11.2 Å². The molecule has 0 bridgehead atoms. The summed E-state index contributed by atoms with van der Waals surface area (Å²) in [5, 5.41) is 9.86. The molecule has 4 heteroatoms. The first-order valence-electron chi connectivity index (χ1n) is 4.98. The van der Waals surface area contributed by atoms with E-state index in [0.717, 1.165) is 5.39 Å². The van der Waals surface area contributed by atoms with Gasteiger partial charge in [0.05, 0.1) is 5.56 Å². The van der Waals surface area contributed by atoms with Crippen LogP contribution in [0, 0.1) is 6.92 Å². The van der Waals surface area contributed by atoms with Gasteiger partial charge in [-0.05, 0) is 47.0 Å². The van der Waals surface area contributed by atoms with Gasteiger partial charge in [0.25, 0.3) is 5.24 Å². The summed E-state index contributed by atoms with van der Waals surface area (Å²) in [6.45, 7) is 1.68. The van der Waals surface area contributed by atoms with Crippen LogP contribution >= 0.6 is 11.6 Å². The molecule has 0 amide bonds. The maximum Gasteiger partial charge on any atom is 0.335 e. The molecule has 2 rings (SSSR count). The van der Waals surface area contributed by atoms with Gasteiger partial charge in [0, 0.05) is 5.56 Å². The van der Waals surface area contributed by atoms with Crippen molar-refractivity contribution in [1.82, 2.24) is 0 Å². The maximum atomic E-state index is 11.3. The lowest BCUT2D eigenvalue weighted by atomic mass is 9.96. The van der Waals surface area contributed by atoms with Gasteiger partial charge in [-0.15, -0.1) is 0 Å². The lowest BCUT2D eigenvalue weighted by Gasteiger charge is -2.08. The van der Waals surface area contributed by atoms with E-state index in [2.05, 4.69) is 0 Å². The molecule has 86 valence electrons. The van der Waals surface area contributed by atoms with Crippen LogP contribution in [0.25, 0.3) is 10.8 Å². The Balaban J connectivity index is 2.91. The minimum Gasteiger partial charge on any atom is -0.478 e. The highest BCUT2D eigenvalue weighted by atomic mass is 35.5. The first-order chi connectivity index (χ1) is 8.02. The molecule has 17 heavy (non-hydrogen) atoms. The summed E-state index contributed by atoms with van der Waals surface area (Å²) in [4.78, 5) is 22.3. The Hall–Kier alpha value is -1.87. The average Bonchev–Trinajstić information content (AvgIpc) is 2.28. The number of carboxylic acids is 1. The molecule has 0 heterocycles. The molecule has 3 nitrogen and oxygen atoms in total. The quantitative estimate of drug-likeness (QED) is 0.830. The Morgan fingerprint density at radius 2 is 1.82 bits per heavy atom.